The molecule has 100 valence electrons. The number of hydrogen-bond donors (Lipinski definition) is 0. The van der Waals surface area contributed by atoms with Crippen LogP contribution in [0.15, 0.2) is 16.6 Å². The lowest BCUT2D eigenvalue weighted by molar-refractivity contribution is 0.0647. The maximum absolute atomic E-state index is 4.92. The van der Waals surface area contributed by atoms with Crippen molar-refractivity contribution in [3.63, 3.8) is 0 Å². The van der Waals surface area contributed by atoms with Crippen LogP contribution < -0.4 is 0 Å². The number of nitrogens with zero attached hydrogens (tertiary/aromatic N) is 1. The second-order valence-corrected chi connectivity index (χ2v) is 6.84. The van der Waals surface area contributed by atoms with Gasteiger partial charge in [0, 0.05) is 5.41 Å². The van der Waals surface area contributed by atoms with Crippen LogP contribution in [0.5, 0.6) is 0 Å². The van der Waals surface area contributed by atoms with Gasteiger partial charge in [-0.1, -0.05) is 32.4 Å². The van der Waals surface area contributed by atoms with Crippen LogP contribution in [-0.2, 0) is 0 Å². The van der Waals surface area contributed by atoms with Gasteiger partial charge in [0.15, 0.2) is 0 Å². The van der Waals surface area contributed by atoms with Gasteiger partial charge >= 0.3 is 0 Å². The van der Waals surface area contributed by atoms with E-state index in [1.807, 2.05) is 0 Å². The maximum Gasteiger partial charge on any atom is 0.0726 e. The number of hydrogen-bond acceptors (Lipinski definition) is 2. The molecule has 0 N–H and O–H groups in total. The maximum atomic E-state index is 4.92. The Morgan fingerprint density at radius 2 is 2.17 bits per heavy atom. The Kier molecular flexibility index (Phi) is 4.08. The molecule has 1 unspecified atom stereocenters. The Morgan fingerprint density at radius 1 is 1.44 bits per heavy atom. The minimum atomic E-state index is 0.267. The van der Waals surface area contributed by atoms with Crippen LogP contribution in [0, 0.1) is 23.2 Å². The monoisotopic (exact) mass is 263 g/mol. The summed E-state index contributed by atoms with van der Waals surface area (Å²) in [7, 11) is 0. The standard InChI is InChI=1S/C16H25NS/c1-11(2)14-6-5-13(4)16(15(14)17-10-18)8-7-12(3)9-16/h9,11,13-15H,5-8H2,1-4H3/t13-,14+,15?,16-/m1/s1. The molecule has 4 atom stereocenters. The van der Waals surface area contributed by atoms with Gasteiger partial charge in [0.25, 0.3) is 0 Å². The fourth-order valence-electron chi connectivity index (χ4n) is 4.17. The van der Waals surface area contributed by atoms with Crippen LogP contribution in [0.3, 0.4) is 0 Å². The second-order valence-electron chi connectivity index (χ2n) is 6.65. The van der Waals surface area contributed by atoms with E-state index in [1.165, 1.54) is 31.3 Å². The highest BCUT2D eigenvalue weighted by molar-refractivity contribution is 7.78. The molecule has 0 aliphatic heterocycles. The molecule has 2 rings (SSSR count). The zero-order valence-electron chi connectivity index (χ0n) is 12.1. The van der Waals surface area contributed by atoms with Crippen molar-refractivity contribution in [3.8, 4) is 0 Å². The Hall–Kier alpha value is -0.460. The van der Waals surface area contributed by atoms with Crippen LogP contribution in [0.4, 0.5) is 0 Å². The second kappa shape index (κ2) is 5.27. The van der Waals surface area contributed by atoms with Gasteiger partial charge in [-0.25, -0.2) is 4.99 Å². The first-order valence-electron chi connectivity index (χ1n) is 7.26. The van der Waals surface area contributed by atoms with Crippen molar-refractivity contribution in [1.29, 1.82) is 0 Å². The quantitative estimate of drug-likeness (QED) is 0.393. The average molecular weight is 263 g/mol. The first-order chi connectivity index (χ1) is 8.51. The summed E-state index contributed by atoms with van der Waals surface area (Å²) in [6, 6.07) is 0.358. The summed E-state index contributed by atoms with van der Waals surface area (Å²) in [5.41, 5.74) is 1.80. The van der Waals surface area contributed by atoms with Crippen LogP contribution >= 0.6 is 12.2 Å². The highest BCUT2D eigenvalue weighted by atomic mass is 32.1. The third kappa shape index (κ3) is 2.21. The van der Waals surface area contributed by atoms with E-state index in [0.29, 0.717) is 17.9 Å². The van der Waals surface area contributed by atoms with Crippen molar-refractivity contribution in [1.82, 2.24) is 0 Å². The van der Waals surface area contributed by atoms with Crippen molar-refractivity contribution in [2.75, 3.05) is 0 Å². The van der Waals surface area contributed by atoms with Crippen LogP contribution in [0.1, 0.15) is 53.4 Å². The fourth-order valence-corrected chi connectivity index (χ4v) is 4.28. The molecule has 0 saturated heterocycles. The lowest BCUT2D eigenvalue weighted by atomic mass is 9.58. The summed E-state index contributed by atoms with van der Waals surface area (Å²) in [4.78, 5) is 4.63. The molecule has 18 heavy (non-hydrogen) atoms. The lowest BCUT2D eigenvalue weighted by Gasteiger charge is -2.48. The van der Waals surface area contributed by atoms with Gasteiger partial charge in [0.1, 0.15) is 0 Å². The number of isothiocyanates is 1. The molecule has 2 aliphatic rings. The van der Waals surface area contributed by atoms with Gasteiger partial charge in [0.05, 0.1) is 11.2 Å². The van der Waals surface area contributed by atoms with Gasteiger partial charge in [0.2, 0.25) is 0 Å². The Labute approximate surface area is 117 Å². The first-order valence-corrected chi connectivity index (χ1v) is 7.67. The summed E-state index contributed by atoms with van der Waals surface area (Å²) in [5.74, 6) is 2.07. The third-order valence-electron chi connectivity index (χ3n) is 5.32. The van der Waals surface area contributed by atoms with Crippen LogP contribution in [-0.4, -0.2) is 11.2 Å². The molecule has 1 fully saturated rings. The van der Waals surface area contributed by atoms with Gasteiger partial charge < -0.3 is 0 Å². The van der Waals surface area contributed by atoms with E-state index in [4.69, 9.17) is 12.2 Å². The van der Waals surface area contributed by atoms with E-state index in [1.54, 1.807) is 0 Å². The van der Waals surface area contributed by atoms with E-state index in [-0.39, 0.29) is 5.41 Å². The largest absolute Gasteiger partial charge is 0.228 e. The molecule has 1 nitrogen and oxygen atoms in total. The van der Waals surface area contributed by atoms with E-state index in [0.717, 1.165) is 5.92 Å². The molecule has 0 radical (unpaired) electrons. The minimum Gasteiger partial charge on any atom is -0.228 e. The SMILES string of the molecule is CC1=C[C@@]2(CC1)C(N=C=S)[C@H](C(C)C)CC[C@H]2C. The number of rotatable bonds is 2. The zero-order valence-corrected chi connectivity index (χ0v) is 12.9. The van der Waals surface area contributed by atoms with Crippen molar-refractivity contribution in [2.45, 2.75) is 59.4 Å². The van der Waals surface area contributed by atoms with Gasteiger partial charge in [-0.15, -0.1) is 0 Å². The summed E-state index contributed by atoms with van der Waals surface area (Å²) >= 11 is 4.92. The molecule has 0 bridgehead atoms. The molecule has 2 heteroatoms. The Balaban J connectivity index is 2.42. The van der Waals surface area contributed by atoms with Crippen molar-refractivity contribution < 1.29 is 0 Å². The highest BCUT2D eigenvalue weighted by Crippen LogP contribution is 2.54. The number of allylic oxidation sites excluding steroid dienone is 1. The number of thiocarbonyl (C=S) groups is 1. The normalized spacial score (nSPS) is 39.8. The summed E-state index contributed by atoms with van der Waals surface area (Å²) < 4.78 is 0. The molecule has 0 heterocycles. The van der Waals surface area contributed by atoms with E-state index >= 15 is 0 Å². The Morgan fingerprint density at radius 3 is 2.67 bits per heavy atom. The van der Waals surface area contributed by atoms with E-state index in [9.17, 15) is 0 Å². The zero-order chi connectivity index (χ0) is 13.3. The van der Waals surface area contributed by atoms with E-state index in [2.05, 4.69) is 43.9 Å². The molecular weight excluding hydrogens is 238 g/mol. The number of aliphatic imine (C=N–C) groups is 1. The summed E-state index contributed by atoms with van der Waals surface area (Å²) in [6.07, 6.45) is 7.63. The lowest BCUT2D eigenvalue weighted by Crippen LogP contribution is -2.47. The predicted octanol–water partition coefficient (Wildman–Crippen LogP) is 4.89. The molecule has 0 aromatic rings. The van der Waals surface area contributed by atoms with Crippen molar-refractivity contribution in [2.24, 2.45) is 28.2 Å². The Bertz CT molecular complexity index is 392. The minimum absolute atomic E-state index is 0.267. The van der Waals surface area contributed by atoms with E-state index < -0.39 is 0 Å². The highest BCUT2D eigenvalue weighted by Gasteiger charge is 2.50. The smallest absolute Gasteiger partial charge is 0.0726 e. The third-order valence-corrected chi connectivity index (χ3v) is 5.43. The summed E-state index contributed by atoms with van der Waals surface area (Å²) in [6.45, 7) is 9.31. The van der Waals surface area contributed by atoms with Gasteiger partial charge in [-0.05, 0) is 62.6 Å². The van der Waals surface area contributed by atoms with Gasteiger partial charge in [-0.2, -0.15) is 0 Å². The molecule has 0 amide bonds. The van der Waals surface area contributed by atoms with Crippen molar-refractivity contribution >= 4 is 17.4 Å². The fraction of sp³-hybridized carbons (Fsp3) is 0.812. The average Bonchev–Trinajstić information content (AvgIpc) is 2.69. The molecule has 1 saturated carbocycles. The van der Waals surface area contributed by atoms with Crippen LogP contribution in [0.25, 0.3) is 0 Å². The predicted molar refractivity (Wildman–Crippen MR) is 81.0 cm³/mol. The molecular formula is C16H25NS. The van der Waals surface area contributed by atoms with Crippen LogP contribution in [0.2, 0.25) is 0 Å². The molecule has 2 aliphatic carbocycles. The molecule has 1 spiro atoms. The first kappa shape index (κ1) is 14.0. The summed E-state index contributed by atoms with van der Waals surface area (Å²) in [5, 5.41) is 2.69. The van der Waals surface area contributed by atoms with Crippen molar-refractivity contribution in [3.05, 3.63) is 11.6 Å². The topological polar surface area (TPSA) is 12.4 Å². The molecule has 0 aromatic carbocycles. The van der Waals surface area contributed by atoms with Gasteiger partial charge in [-0.3, -0.25) is 0 Å². The molecule has 0 aromatic heterocycles.